The SMILES string of the molecule is CC1=CC(C)=[C]([Hf]([C]2=C(C)C=C(C)C2)[SiH](C)C)C1.Cl.Cl. The molecule has 0 aromatic carbocycles. The van der Waals surface area contributed by atoms with Crippen molar-refractivity contribution in [1.29, 1.82) is 0 Å². The van der Waals surface area contributed by atoms with Crippen LogP contribution in [0.2, 0.25) is 13.1 Å². The summed E-state index contributed by atoms with van der Waals surface area (Å²) >= 11 is -1.66. The predicted molar refractivity (Wildman–Crippen MR) is 95.5 cm³/mol. The molecule has 0 nitrogen and oxygen atoms in total. The van der Waals surface area contributed by atoms with Gasteiger partial charge in [0.25, 0.3) is 0 Å². The van der Waals surface area contributed by atoms with E-state index in [4.69, 9.17) is 0 Å². The van der Waals surface area contributed by atoms with Crippen LogP contribution in [0.15, 0.2) is 41.1 Å². The van der Waals surface area contributed by atoms with E-state index in [1.807, 2.05) is 6.66 Å². The summed E-state index contributed by atoms with van der Waals surface area (Å²) in [4.78, 5) is 0. The summed E-state index contributed by atoms with van der Waals surface area (Å²) in [5.74, 6) is -0.493. The zero-order valence-corrected chi connectivity index (χ0v) is 19.8. The summed E-state index contributed by atoms with van der Waals surface area (Å²) < 4.78 is 3.88. The molecule has 0 saturated heterocycles. The Labute approximate surface area is 145 Å². The Morgan fingerprint density at radius 2 is 1.15 bits per heavy atom. The van der Waals surface area contributed by atoms with Gasteiger partial charge in [-0.25, -0.2) is 0 Å². The van der Waals surface area contributed by atoms with Crippen LogP contribution in [-0.2, 0) is 20.6 Å². The summed E-state index contributed by atoms with van der Waals surface area (Å²) in [6, 6.07) is 0. The molecule has 0 unspecified atom stereocenters. The van der Waals surface area contributed by atoms with Crippen molar-refractivity contribution >= 4 is 30.8 Å². The molecule has 2 aliphatic rings. The molecule has 0 aliphatic heterocycles. The Kier molecular flexibility index (Phi) is 8.57. The first-order valence-electron chi connectivity index (χ1n) is 7.01. The third-order valence-electron chi connectivity index (χ3n) is 4.02. The van der Waals surface area contributed by atoms with E-state index < -0.39 is 26.6 Å². The second-order valence-electron chi connectivity index (χ2n) is 6.23. The zero-order valence-electron chi connectivity index (χ0n) is 13.5. The quantitative estimate of drug-likeness (QED) is 0.441. The number of hydrogen-bond acceptors (Lipinski definition) is 0. The summed E-state index contributed by atoms with van der Waals surface area (Å²) in [5, 5.41) is 0. The van der Waals surface area contributed by atoms with Crippen molar-refractivity contribution < 1.29 is 20.6 Å². The largest absolute Gasteiger partial charge is 0.147 e. The topological polar surface area (TPSA) is 0 Å². The van der Waals surface area contributed by atoms with E-state index in [1.54, 1.807) is 22.3 Å². The number of halogens is 2. The molecule has 2 aliphatic carbocycles. The first kappa shape index (κ1) is 20.6. The van der Waals surface area contributed by atoms with Gasteiger partial charge in [-0.05, 0) is 0 Å². The fourth-order valence-corrected chi connectivity index (χ4v) is 33.4. The summed E-state index contributed by atoms with van der Waals surface area (Å²) in [6.07, 6.45) is 7.52. The Morgan fingerprint density at radius 3 is 1.35 bits per heavy atom. The van der Waals surface area contributed by atoms with Crippen LogP contribution in [0.4, 0.5) is 0 Å². The molecule has 0 saturated carbocycles. The van der Waals surface area contributed by atoms with E-state index in [-0.39, 0.29) is 24.8 Å². The average Bonchev–Trinajstić information content (AvgIpc) is 2.71. The molecule has 4 heteroatoms. The Morgan fingerprint density at radius 1 is 0.800 bits per heavy atom. The van der Waals surface area contributed by atoms with E-state index in [2.05, 4.69) is 52.9 Å². The Hall–Kier alpha value is 0.627. The van der Waals surface area contributed by atoms with Crippen LogP contribution in [0.25, 0.3) is 0 Å². The van der Waals surface area contributed by atoms with Gasteiger partial charge in [0.05, 0.1) is 0 Å². The van der Waals surface area contributed by atoms with E-state index in [0.717, 1.165) is 0 Å². The van der Waals surface area contributed by atoms with Gasteiger partial charge < -0.3 is 0 Å². The van der Waals surface area contributed by atoms with Gasteiger partial charge in [0, 0.05) is 0 Å². The van der Waals surface area contributed by atoms with Gasteiger partial charge in [0.15, 0.2) is 0 Å². The van der Waals surface area contributed by atoms with Crippen LogP contribution in [0.1, 0.15) is 40.5 Å². The second kappa shape index (κ2) is 8.31. The molecule has 113 valence electrons. The molecule has 0 amide bonds. The molecule has 0 N–H and O–H groups in total. The molecular weight excluding hydrogens is 470 g/mol. The fourth-order valence-electron chi connectivity index (χ4n) is 3.35. The molecule has 0 radical (unpaired) electrons. The molecule has 0 fully saturated rings. The minimum atomic E-state index is -1.66. The molecule has 0 bridgehead atoms. The molecule has 0 heterocycles. The van der Waals surface area contributed by atoms with E-state index >= 15 is 0 Å². The summed E-state index contributed by atoms with van der Waals surface area (Å²) in [7, 11) is 0. The van der Waals surface area contributed by atoms with Crippen molar-refractivity contribution in [2.24, 2.45) is 0 Å². The predicted octanol–water partition coefficient (Wildman–Crippen LogP) is 5.68. The van der Waals surface area contributed by atoms with Gasteiger partial charge in [-0.15, -0.1) is 24.8 Å². The zero-order chi connectivity index (χ0) is 13.4. The summed E-state index contributed by atoms with van der Waals surface area (Å²) in [5.41, 5.74) is 6.47. The van der Waals surface area contributed by atoms with Crippen molar-refractivity contribution in [1.82, 2.24) is 0 Å². The molecule has 2 rings (SSSR count). The van der Waals surface area contributed by atoms with E-state index in [9.17, 15) is 0 Å². The third-order valence-corrected chi connectivity index (χ3v) is 32.1. The Balaban J connectivity index is 0.00000180. The molecule has 0 spiro atoms. The van der Waals surface area contributed by atoms with Crippen LogP contribution in [-0.4, -0.2) is 5.98 Å². The van der Waals surface area contributed by atoms with Crippen LogP contribution >= 0.6 is 24.8 Å². The number of allylic oxidation sites excluding steroid dienone is 8. The normalized spacial score (nSPS) is 17.9. The van der Waals surface area contributed by atoms with Crippen molar-refractivity contribution in [3.63, 3.8) is 0 Å². The van der Waals surface area contributed by atoms with Gasteiger partial charge >= 0.3 is 121 Å². The summed E-state index contributed by atoms with van der Waals surface area (Å²) in [6.45, 7) is 14.5. The molecule has 20 heavy (non-hydrogen) atoms. The molecular formula is C16H27Cl2HfSi. The van der Waals surface area contributed by atoms with Crippen LogP contribution in [0.3, 0.4) is 0 Å². The van der Waals surface area contributed by atoms with Crippen molar-refractivity contribution in [2.75, 3.05) is 0 Å². The maximum Gasteiger partial charge on any atom is -0.147 e. The molecule has 0 aromatic rings. The maximum atomic E-state index is 2.60. The van der Waals surface area contributed by atoms with E-state index in [0.29, 0.717) is 0 Å². The Bertz CT molecular complexity index is 457. The van der Waals surface area contributed by atoms with Crippen LogP contribution < -0.4 is 0 Å². The van der Waals surface area contributed by atoms with Crippen molar-refractivity contribution in [3.8, 4) is 0 Å². The minimum Gasteiger partial charge on any atom is -0.147 e. The van der Waals surface area contributed by atoms with Crippen LogP contribution in [0.5, 0.6) is 0 Å². The first-order chi connectivity index (χ1) is 8.40. The molecule has 0 aromatic heterocycles. The van der Waals surface area contributed by atoms with Gasteiger partial charge in [-0.3, -0.25) is 0 Å². The van der Waals surface area contributed by atoms with Gasteiger partial charge in [-0.1, -0.05) is 0 Å². The smallest absolute Gasteiger partial charge is 0.147 e. The second-order valence-corrected chi connectivity index (χ2v) is 33.0. The molecule has 0 atom stereocenters. The van der Waals surface area contributed by atoms with Crippen molar-refractivity contribution in [3.05, 3.63) is 41.1 Å². The third kappa shape index (κ3) is 4.31. The monoisotopic (exact) mass is 497 g/mol. The number of rotatable bonds is 3. The fraction of sp³-hybridized carbons (Fsp3) is 0.500. The minimum absolute atomic E-state index is 0. The van der Waals surface area contributed by atoms with Gasteiger partial charge in [0.2, 0.25) is 0 Å². The van der Waals surface area contributed by atoms with E-state index in [1.165, 1.54) is 12.8 Å². The van der Waals surface area contributed by atoms with Gasteiger partial charge in [-0.2, -0.15) is 0 Å². The van der Waals surface area contributed by atoms with Gasteiger partial charge in [0.1, 0.15) is 0 Å². The standard InChI is InChI=1S/2C7H9.C2H7Si.2ClH.Hf/c2*1-6-3-4-7(2)5-6;1-3-2;;;/h2*5H,3H2,1-2H3;3H,1-2H3;2*1H;. The number of hydrogen-bond donors (Lipinski definition) is 0. The first-order valence-corrected chi connectivity index (χ1v) is 19.7. The van der Waals surface area contributed by atoms with Crippen molar-refractivity contribution in [2.45, 2.75) is 53.6 Å². The van der Waals surface area contributed by atoms with Crippen LogP contribution in [0, 0.1) is 0 Å². The average molecular weight is 497 g/mol. The maximum absolute atomic E-state index is 2.60.